The van der Waals surface area contributed by atoms with Crippen molar-refractivity contribution >= 4 is 21.6 Å². The fourth-order valence-corrected chi connectivity index (χ4v) is 3.28. The number of sulfonamides is 1. The van der Waals surface area contributed by atoms with Gasteiger partial charge in [0.25, 0.3) is 0 Å². The van der Waals surface area contributed by atoms with Gasteiger partial charge in [-0.1, -0.05) is 12.1 Å². The maximum atomic E-state index is 12.9. The lowest BCUT2D eigenvalue weighted by atomic mass is 10.1. The van der Waals surface area contributed by atoms with Crippen molar-refractivity contribution in [2.75, 3.05) is 17.2 Å². The Morgan fingerprint density at radius 1 is 1.29 bits per heavy atom. The summed E-state index contributed by atoms with van der Waals surface area (Å²) in [5, 5.41) is 4.91. The lowest BCUT2D eigenvalue weighted by Crippen LogP contribution is -2.29. The van der Waals surface area contributed by atoms with Gasteiger partial charge >= 0.3 is 6.18 Å². The van der Waals surface area contributed by atoms with Crippen molar-refractivity contribution in [2.24, 2.45) is 11.1 Å². The van der Waals surface area contributed by atoms with Crippen molar-refractivity contribution < 1.29 is 26.4 Å². The second-order valence-electron chi connectivity index (χ2n) is 4.92. The molecule has 0 bridgehead atoms. The van der Waals surface area contributed by atoms with Crippen molar-refractivity contribution in [3.8, 4) is 0 Å². The van der Waals surface area contributed by atoms with Crippen LogP contribution in [-0.2, 0) is 21.0 Å². The zero-order chi connectivity index (χ0) is 15.8. The van der Waals surface area contributed by atoms with Crippen LogP contribution in [0.15, 0.2) is 24.3 Å². The van der Waals surface area contributed by atoms with Crippen molar-refractivity contribution in [1.82, 2.24) is 0 Å². The molecule has 9 heteroatoms. The second-order valence-corrected chi connectivity index (χ2v) is 6.58. The average molecular weight is 322 g/mol. The van der Waals surface area contributed by atoms with Crippen molar-refractivity contribution in [3.63, 3.8) is 0 Å². The zero-order valence-electron chi connectivity index (χ0n) is 10.8. The number of nitrogens with two attached hydrogens (primary N) is 1. The van der Waals surface area contributed by atoms with E-state index in [0.717, 1.165) is 11.0 Å². The van der Waals surface area contributed by atoms with Gasteiger partial charge in [-0.2, -0.15) is 13.2 Å². The molecule has 1 fully saturated rings. The molecule has 1 aliphatic rings. The van der Waals surface area contributed by atoms with Crippen LogP contribution in [0.4, 0.5) is 18.9 Å². The van der Waals surface area contributed by atoms with E-state index >= 15 is 0 Å². The molecule has 0 aromatic heterocycles. The van der Waals surface area contributed by atoms with E-state index in [1.807, 2.05) is 0 Å². The molecule has 1 aliphatic heterocycles. The molecule has 0 saturated carbocycles. The SMILES string of the molecule is NS(=O)(=O)CC1CC(=O)N(c2ccccc2C(F)(F)F)C1. The number of rotatable bonds is 3. The van der Waals surface area contributed by atoms with E-state index in [1.54, 1.807) is 0 Å². The number of para-hydroxylation sites is 1. The van der Waals surface area contributed by atoms with Crippen LogP contribution >= 0.6 is 0 Å². The highest BCUT2D eigenvalue weighted by atomic mass is 32.2. The fraction of sp³-hybridized carbons (Fsp3) is 0.417. The van der Waals surface area contributed by atoms with Crippen molar-refractivity contribution in [3.05, 3.63) is 29.8 Å². The van der Waals surface area contributed by atoms with Gasteiger partial charge in [-0.25, -0.2) is 13.6 Å². The summed E-state index contributed by atoms with van der Waals surface area (Å²) >= 11 is 0. The molecule has 1 aromatic rings. The van der Waals surface area contributed by atoms with Gasteiger partial charge in [0.2, 0.25) is 15.9 Å². The van der Waals surface area contributed by atoms with Gasteiger partial charge in [0.05, 0.1) is 17.0 Å². The largest absolute Gasteiger partial charge is 0.418 e. The second kappa shape index (κ2) is 5.30. The Hall–Kier alpha value is -1.61. The van der Waals surface area contributed by atoms with Gasteiger partial charge in [0.15, 0.2) is 0 Å². The number of hydrogen-bond donors (Lipinski definition) is 1. The van der Waals surface area contributed by atoms with E-state index < -0.39 is 39.3 Å². The smallest absolute Gasteiger partial charge is 0.311 e. The van der Waals surface area contributed by atoms with Crippen molar-refractivity contribution in [2.45, 2.75) is 12.6 Å². The lowest BCUT2D eigenvalue weighted by Gasteiger charge is -2.21. The minimum absolute atomic E-state index is 0.0949. The van der Waals surface area contributed by atoms with Crippen molar-refractivity contribution in [1.29, 1.82) is 0 Å². The molecule has 1 aromatic carbocycles. The third-order valence-corrected chi connectivity index (χ3v) is 4.11. The highest BCUT2D eigenvalue weighted by molar-refractivity contribution is 7.89. The summed E-state index contributed by atoms with van der Waals surface area (Å²) in [6.45, 7) is -0.0949. The molecule has 116 valence electrons. The highest BCUT2D eigenvalue weighted by Crippen LogP contribution is 2.38. The number of amides is 1. The van der Waals surface area contributed by atoms with E-state index in [0.29, 0.717) is 0 Å². The quantitative estimate of drug-likeness (QED) is 0.912. The Labute approximate surface area is 119 Å². The molecule has 21 heavy (non-hydrogen) atoms. The van der Waals surface area contributed by atoms with Crippen LogP contribution in [0.25, 0.3) is 0 Å². The van der Waals surface area contributed by atoms with Crippen LogP contribution in [0.3, 0.4) is 0 Å². The van der Waals surface area contributed by atoms with Crippen LogP contribution in [0, 0.1) is 5.92 Å². The first kappa shape index (κ1) is 15.8. The number of nitrogens with zero attached hydrogens (tertiary/aromatic N) is 1. The predicted octanol–water partition coefficient (Wildman–Crippen LogP) is 1.35. The summed E-state index contributed by atoms with van der Waals surface area (Å²) in [7, 11) is -3.78. The third kappa shape index (κ3) is 3.73. The molecule has 1 heterocycles. The molecule has 0 aliphatic carbocycles. The monoisotopic (exact) mass is 322 g/mol. The normalized spacial score (nSPS) is 20.1. The maximum absolute atomic E-state index is 12.9. The van der Waals surface area contributed by atoms with Crippen LogP contribution < -0.4 is 10.0 Å². The predicted molar refractivity (Wildman–Crippen MR) is 69.9 cm³/mol. The Morgan fingerprint density at radius 2 is 1.90 bits per heavy atom. The Morgan fingerprint density at radius 3 is 2.48 bits per heavy atom. The van der Waals surface area contributed by atoms with Crippen LogP contribution in [-0.4, -0.2) is 26.6 Å². The van der Waals surface area contributed by atoms with Gasteiger partial charge < -0.3 is 4.90 Å². The Bertz CT molecular complexity index is 658. The maximum Gasteiger partial charge on any atom is 0.418 e. The summed E-state index contributed by atoms with van der Waals surface area (Å²) in [4.78, 5) is 12.8. The van der Waals surface area contributed by atoms with Crippen LogP contribution in [0.1, 0.15) is 12.0 Å². The zero-order valence-corrected chi connectivity index (χ0v) is 11.6. The average Bonchev–Trinajstić information content (AvgIpc) is 2.66. The van der Waals surface area contributed by atoms with Gasteiger partial charge in [-0.3, -0.25) is 4.79 Å². The summed E-state index contributed by atoms with van der Waals surface area (Å²) in [6, 6.07) is 4.70. The topological polar surface area (TPSA) is 80.5 Å². The highest BCUT2D eigenvalue weighted by Gasteiger charge is 2.39. The van der Waals surface area contributed by atoms with E-state index in [9.17, 15) is 26.4 Å². The third-order valence-electron chi connectivity index (χ3n) is 3.17. The van der Waals surface area contributed by atoms with Crippen LogP contribution in [0.5, 0.6) is 0 Å². The summed E-state index contributed by atoms with van der Waals surface area (Å²) in [5.41, 5.74) is -1.18. The van der Waals surface area contributed by atoms with Gasteiger partial charge in [-0.15, -0.1) is 0 Å². The number of carbonyl (C=O) groups excluding carboxylic acids is 1. The molecular formula is C12H13F3N2O3S. The number of anilines is 1. The molecule has 1 amide bonds. The molecular weight excluding hydrogens is 309 g/mol. The molecule has 2 N–H and O–H groups in total. The Kier molecular flexibility index (Phi) is 3.98. The van der Waals surface area contributed by atoms with Gasteiger partial charge in [0, 0.05) is 18.9 Å². The molecule has 5 nitrogen and oxygen atoms in total. The van der Waals surface area contributed by atoms with E-state index in [-0.39, 0.29) is 18.7 Å². The molecule has 1 atom stereocenters. The first-order valence-electron chi connectivity index (χ1n) is 6.05. The molecule has 0 radical (unpaired) electrons. The number of primary sulfonamides is 1. The van der Waals surface area contributed by atoms with E-state index in [1.165, 1.54) is 18.2 Å². The fourth-order valence-electron chi connectivity index (χ4n) is 2.40. The van der Waals surface area contributed by atoms with E-state index in [2.05, 4.69) is 0 Å². The number of alkyl halides is 3. The minimum atomic E-state index is -4.59. The number of halogens is 3. The minimum Gasteiger partial charge on any atom is -0.311 e. The summed E-state index contributed by atoms with van der Waals surface area (Å²) in [6.07, 6.45) is -4.72. The molecule has 0 spiro atoms. The molecule has 1 unspecified atom stereocenters. The lowest BCUT2D eigenvalue weighted by molar-refractivity contribution is -0.137. The number of hydrogen-bond acceptors (Lipinski definition) is 3. The van der Waals surface area contributed by atoms with Gasteiger partial charge in [-0.05, 0) is 12.1 Å². The first-order valence-corrected chi connectivity index (χ1v) is 7.76. The molecule has 2 rings (SSSR count). The molecule has 1 saturated heterocycles. The standard InChI is InChI=1S/C12H13F3N2O3S/c13-12(14,15)9-3-1-2-4-10(9)17-6-8(5-11(17)18)7-21(16,19)20/h1-4,8H,5-7H2,(H2,16,19,20). The van der Waals surface area contributed by atoms with E-state index in [4.69, 9.17) is 5.14 Å². The van der Waals surface area contributed by atoms with Gasteiger partial charge in [0.1, 0.15) is 0 Å². The number of carbonyl (C=O) groups is 1. The van der Waals surface area contributed by atoms with Crippen LogP contribution in [0.2, 0.25) is 0 Å². The summed E-state index contributed by atoms with van der Waals surface area (Å²) in [5.74, 6) is -1.57. The summed E-state index contributed by atoms with van der Waals surface area (Å²) < 4.78 is 60.9. The Balaban J connectivity index is 2.30. The number of benzene rings is 1. The first-order chi connectivity index (χ1) is 9.58.